The molecule has 0 aromatic heterocycles. The Balaban J connectivity index is 1.27. The van der Waals surface area contributed by atoms with Crippen molar-refractivity contribution in [2.45, 2.75) is 57.3 Å². The molecule has 5 nitrogen and oxygen atoms in total. The summed E-state index contributed by atoms with van der Waals surface area (Å²) in [5.41, 5.74) is 5.06. The molecule has 0 saturated carbocycles. The van der Waals surface area contributed by atoms with Gasteiger partial charge in [-0.05, 0) is 40.8 Å². The van der Waals surface area contributed by atoms with Gasteiger partial charge in [0.2, 0.25) is 11.8 Å². The molecule has 1 fully saturated rings. The number of anilines is 1. The maximum Gasteiger partial charge on any atom is 0.311 e. The summed E-state index contributed by atoms with van der Waals surface area (Å²) in [6.45, 7) is 2.16. The van der Waals surface area contributed by atoms with Crippen LogP contribution in [-0.2, 0) is 14.4 Å². The molecule has 0 unspecified atom stereocenters. The van der Waals surface area contributed by atoms with Gasteiger partial charge in [0.1, 0.15) is 5.75 Å². The standard InChI is InChI=1S/C32H31NO4/c1-2-3-4-5-6-18-26(34)37-21-13-11-12-20(19-21)33-31(35)29-27-22-14-7-8-15-23(22)28(30(29)32(33)36)25-17-10-9-16-24(25)27/h7-17,19,27-30H,2-6,18H2,1H3/t27?,28?,29-,30+. The summed E-state index contributed by atoms with van der Waals surface area (Å²) in [7, 11) is 0. The largest absolute Gasteiger partial charge is 0.426 e. The smallest absolute Gasteiger partial charge is 0.311 e. The Labute approximate surface area is 217 Å². The van der Waals surface area contributed by atoms with Crippen molar-refractivity contribution >= 4 is 23.5 Å². The number of hydrogen-bond donors (Lipinski definition) is 0. The van der Waals surface area contributed by atoms with Gasteiger partial charge in [0.25, 0.3) is 0 Å². The van der Waals surface area contributed by atoms with Crippen LogP contribution < -0.4 is 9.64 Å². The quantitative estimate of drug-likeness (QED) is 0.159. The zero-order valence-electron chi connectivity index (χ0n) is 21.1. The van der Waals surface area contributed by atoms with Gasteiger partial charge in [-0.1, -0.05) is 87.2 Å². The molecule has 188 valence electrons. The third-order valence-electron chi connectivity index (χ3n) is 8.24. The van der Waals surface area contributed by atoms with Gasteiger partial charge in [-0.3, -0.25) is 14.4 Å². The summed E-state index contributed by atoms with van der Waals surface area (Å²) in [5.74, 6) is -1.42. The van der Waals surface area contributed by atoms with Gasteiger partial charge in [0.05, 0.1) is 17.5 Å². The van der Waals surface area contributed by atoms with Crippen molar-refractivity contribution in [2.24, 2.45) is 11.8 Å². The van der Waals surface area contributed by atoms with Crippen molar-refractivity contribution in [3.05, 3.63) is 95.1 Å². The molecule has 1 aliphatic heterocycles. The molecular formula is C32H31NO4. The number of ether oxygens (including phenoxy) is 1. The van der Waals surface area contributed by atoms with Gasteiger partial charge in [-0.2, -0.15) is 0 Å². The molecule has 1 saturated heterocycles. The number of carbonyl (C=O) groups is 3. The van der Waals surface area contributed by atoms with Crippen molar-refractivity contribution in [3.63, 3.8) is 0 Å². The molecule has 1 heterocycles. The molecule has 3 aliphatic carbocycles. The Bertz CT molecular complexity index is 1260. The van der Waals surface area contributed by atoms with Gasteiger partial charge in [0, 0.05) is 24.3 Å². The van der Waals surface area contributed by atoms with Crippen molar-refractivity contribution in [1.29, 1.82) is 0 Å². The number of benzene rings is 3. The first-order valence-corrected chi connectivity index (χ1v) is 13.5. The summed E-state index contributed by atoms with van der Waals surface area (Å²) in [6, 6.07) is 23.3. The van der Waals surface area contributed by atoms with Crippen molar-refractivity contribution < 1.29 is 19.1 Å². The summed E-state index contributed by atoms with van der Waals surface area (Å²) < 4.78 is 5.58. The number of amides is 2. The Hall–Kier alpha value is -3.73. The van der Waals surface area contributed by atoms with E-state index in [1.807, 2.05) is 24.3 Å². The van der Waals surface area contributed by atoms with Crippen LogP contribution in [0.1, 0.15) is 79.5 Å². The van der Waals surface area contributed by atoms with Crippen LogP contribution in [0.4, 0.5) is 5.69 Å². The van der Waals surface area contributed by atoms with Crippen LogP contribution in [0.15, 0.2) is 72.8 Å². The van der Waals surface area contributed by atoms with Gasteiger partial charge in [0.15, 0.2) is 0 Å². The van der Waals surface area contributed by atoms with E-state index in [0.29, 0.717) is 17.9 Å². The van der Waals surface area contributed by atoms with E-state index < -0.39 is 11.8 Å². The Kier molecular flexibility index (Phi) is 6.15. The maximum atomic E-state index is 13.9. The molecule has 0 spiro atoms. The first-order valence-electron chi connectivity index (χ1n) is 13.5. The zero-order chi connectivity index (χ0) is 25.5. The minimum atomic E-state index is -0.434. The molecule has 2 bridgehead atoms. The molecule has 5 heteroatoms. The molecule has 7 rings (SSSR count). The minimum absolute atomic E-state index is 0.141. The minimum Gasteiger partial charge on any atom is -0.426 e. The first-order chi connectivity index (χ1) is 18.1. The van der Waals surface area contributed by atoms with Gasteiger partial charge in [-0.25, -0.2) is 4.90 Å². The Morgan fingerprint density at radius 2 is 1.27 bits per heavy atom. The highest BCUT2D eigenvalue weighted by molar-refractivity contribution is 6.23. The van der Waals surface area contributed by atoms with Crippen LogP contribution in [0.25, 0.3) is 0 Å². The fourth-order valence-electron chi connectivity index (χ4n) is 6.67. The van der Waals surface area contributed by atoms with Crippen molar-refractivity contribution in [3.8, 4) is 5.75 Å². The van der Waals surface area contributed by atoms with Crippen molar-refractivity contribution in [2.75, 3.05) is 4.90 Å². The predicted octanol–water partition coefficient (Wildman–Crippen LogP) is 6.35. The van der Waals surface area contributed by atoms with Crippen LogP contribution >= 0.6 is 0 Å². The Morgan fingerprint density at radius 3 is 1.81 bits per heavy atom. The molecule has 0 N–H and O–H groups in total. The topological polar surface area (TPSA) is 63.7 Å². The average molecular weight is 494 g/mol. The van der Waals surface area contributed by atoms with E-state index in [2.05, 4.69) is 31.2 Å². The lowest BCUT2D eigenvalue weighted by Crippen LogP contribution is -2.41. The number of hydrogen-bond acceptors (Lipinski definition) is 4. The highest BCUT2D eigenvalue weighted by Gasteiger charge is 2.61. The number of nitrogens with zero attached hydrogens (tertiary/aromatic N) is 1. The third-order valence-corrected chi connectivity index (χ3v) is 8.24. The first kappa shape index (κ1) is 23.7. The lowest BCUT2D eigenvalue weighted by Gasteiger charge is -2.45. The van der Waals surface area contributed by atoms with Crippen LogP contribution in [0.2, 0.25) is 0 Å². The summed E-state index contributed by atoms with van der Waals surface area (Å²) >= 11 is 0. The number of rotatable bonds is 8. The molecule has 37 heavy (non-hydrogen) atoms. The third kappa shape index (κ3) is 3.88. The highest BCUT2D eigenvalue weighted by atomic mass is 16.5. The number of imide groups is 1. The number of esters is 1. The predicted molar refractivity (Wildman–Crippen MR) is 141 cm³/mol. The van der Waals surface area contributed by atoms with Gasteiger partial charge >= 0.3 is 5.97 Å². The number of unbranched alkanes of at least 4 members (excludes halogenated alkanes) is 4. The molecule has 3 aromatic carbocycles. The van der Waals surface area contributed by atoms with Gasteiger partial charge < -0.3 is 4.74 Å². The molecular weight excluding hydrogens is 462 g/mol. The lowest BCUT2D eigenvalue weighted by molar-refractivity contribution is -0.134. The molecule has 0 radical (unpaired) electrons. The second-order valence-electron chi connectivity index (χ2n) is 10.4. The average Bonchev–Trinajstić information content (AvgIpc) is 3.19. The maximum absolute atomic E-state index is 13.9. The summed E-state index contributed by atoms with van der Waals surface area (Å²) in [5, 5.41) is 0. The van der Waals surface area contributed by atoms with E-state index in [0.717, 1.165) is 47.9 Å². The fourth-order valence-corrected chi connectivity index (χ4v) is 6.67. The van der Waals surface area contributed by atoms with Crippen molar-refractivity contribution in [1.82, 2.24) is 0 Å². The fraction of sp³-hybridized carbons (Fsp3) is 0.344. The van der Waals surface area contributed by atoms with Crippen LogP contribution in [-0.4, -0.2) is 17.8 Å². The van der Waals surface area contributed by atoms with Gasteiger partial charge in [-0.15, -0.1) is 0 Å². The van der Waals surface area contributed by atoms with E-state index in [1.54, 1.807) is 24.3 Å². The molecule has 2 atom stereocenters. The zero-order valence-corrected chi connectivity index (χ0v) is 21.1. The lowest BCUT2D eigenvalue weighted by atomic mass is 9.55. The second kappa shape index (κ2) is 9.62. The van der Waals surface area contributed by atoms with Crippen LogP contribution in [0, 0.1) is 11.8 Å². The van der Waals surface area contributed by atoms with Crippen LogP contribution in [0.3, 0.4) is 0 Å². The van der Waals surface area contributed by atoms with E-state index >= 15 is 0 Å². The molecule has 4 aliphatic rings. The normalized spacial score (nSPS) is 23.0. The van der Waals surface area contributed by atoms with E-state index in [1.165, 1.54) is 11.3 Å². The molecule has 3 aromatic rings. The number of carbonyl (C=O) groups excluding carboxylic acids is 3. The van der Waals surface area contributed by atoms with E-state index in [4.69, 9.17) is 4.74 Å². The van der Waals surface area contributed by atoms with E-state index in [9.17, 15) is 14.4 Å². The highest BCUT2D eigenvalue weighted by Crippen LogP contribution is 2.61. The summed E-state index contributed by atoms with van der Waals surface area (Å²) in [4.78, 5) is 41.6. The second-order valence-corrected chi connectivity index (χ2v) is 10.4. The monoisotopic (exact) mass is 493 g/mol. The van der Waals surface area contributed by atoms with E-state index in [-0.39, 0.29) is 29.6 Å². The Morgan fingerprint density at radius 1 is 0.730 bits per heavy atom. The molecule has 2 amide bonds. The SMILES string of the molecule is CCCCCCCC(=O)Oc1cccc(N2C(=O)[C@@H]3C4c5ccccc5C(c5ccccc54)[C@@H]3C2=O)c1. The summed E-state index contributed by atoms with van der Waals surface area (Å²) in [6.07, 6.45) is 5.63. The van der Waals surface area contributed by atoms with Crippen LogP contribution in [0.5, 0.6) is 5.75 Å².